The number of amides is 2. The lowest BCUT2D eigenvalue weighted by atomic mass is 9.85. The average Bonchev–Trinajstić information content (AvgIpc) is 2.81. The van der Waals surface area contributed by atoms with Crippen LogP contribution in [0.3, 0.4) is 0 Å². The summed E-state index contributed by atoms with van der Waals surface area (Å²) in [5, 5.41) is 2.92. The number of ether oxygens (including phenoxy) is 2. The standard InChI is InChI=1S/C21H24N2O4/c1-12-9-14(11-15-18(12)23(4)20(25)21(15,2)3)22-19(24)13-7-8-16(26-5)17(10-13)27-6/h7-11H,1-6H3,(H,22,24). The van der Waals surface area contributed by atoms with Crippen molar-refractivity contribution in [3.05, 3.63) is 47.0 Å². The number of methoxy groups -OCH3 is 2. The number of carbonyl (C=O) groups is 2. The van der Waals surface area contributed by atoms with Crippen LogP contribution >= 0.6 is 0 Å². The lowest BCUT2D eigenvalue weighted by Crippen LogP contribution is -2.33. The first-order valence-corrected chi connectivity index (χ1v) is 8.67. The molecule has 27 heavy (non-hydrogen) atoms. The molecule has 2 amide bonds. The van der Waals surface area contributed by atoms with Crippen LogP contribution in [-0.4, -0.2) is 33.1 Å². The third kappa shape index (κ3) is 3.01. The Hall–Kier alpha value is -3.02. The first-order chi connectivity index (χ1) is 12.7. The van der Waals surface area contributed by atoms with Crippen LogP contribution in [0.5, 0.6) is 11.5 Å². The molecule has 1 aliphatic heterocycles. The molecule has 0 spiro atoms. The third-order valence-corrected chi connectivity index (χ3v) is 5.05. The van der Waals surface area contributed by atoms with Crippen molar-refractivity contribution in [2.45, 2.75) is 26.2 Å². The Balaban J connectivity index is 1.94. The van der Waals surface area contributed by atoms with Crippen LogP contribution in [0.4, 0.5) is 11.4 Å². The smallest absolute Gasteiger partial charge is 0.255 e. The van der Waals surface area contributed by atoms with Crippen LogP contribution in [0, 0.1) is 6.92 Å². The molecule has 2 aromatic carbocycles. The van der Waals surface area contributed by atoms with E-state index in [1.165, 1.54) is 7.11 Å². The summed E-state index contributed by atoms with van der Waals surface area (Å²) >= 11 is 0. The number of rotatable bonds is 4. The molecule has 0 saturated carbocycles. The highest BCUT2D eigenvalue weighted by molar-refractivity contribution is 6.09. The molecule has 1 heterocycles. The second-order valence-corrected chi connectivity index (χ2v) is 7.20. The minimum atomic E-state index is -0.626. The van der Waals surface area contributed by atoms with E-state index in [0.29, 0.717) is 22.7 Å². The summed E-state index contributed by atoms with van der Waals surface area (Å²) in [7, 11) is 4.86. The van der Waals surface area contributed by atoms with E-state index in [4.69, 9.17) is 9.47 Å². The summed E-state index contributed by atoms with van der Waals surface area (Å²) < 4.78 is 10.5. The number of hydrogen-bond donors (Lipinski definition) is 1. The molecule has 0 saturated heterocycles. The average molecular weight is 368 g/mol. The van der Waals surface area contributed by atoms with E-state index in [0.717, 1.165) is 16.8 Å². The molecule has 1 aliphatic rings. The molecular weight excluding hydrogens is 344 g/mol. The topological polar surface area (TPSA) is 67.9 Å². The lowest BCUT2D eigenvalue weighted by molar-refractivity contribution is -0.121. The van der Waals surface area contributed by atoms with E-state index in [9.17, 15) is 9.59 Å². The van der Waals surface area contributed by atoms with Crippen molar-refractivity contribution < 1.29 is 19.1 Å². The van der Waals surface area contributed by atoms with Gasteiger partial charge in [-0.2, -0.15) is 0 Å². The predicted molar refractivity (Wildman–Crippen MR) is 105 cm³/mol. The Labute approximate surface area is 159 Å². The van der Waals surface area contributed by atoms with Gasteiger partial charge in [-0.15, -0.1) is 0 Å². The van der Waals surface area contributed by atoms with Crippen molar-refractivity contribution in [2.75, 3.05) is 31.5 Å². The highest BCUT2D eigenvalue weighted by Gasteiger charge is 2.43. The van der Waals surface area contributed by atoms with E-state index >= 15 is 0 Å². The Kier molecular flexibility index (Phi) is 4.59. The molecule has 0 aliphatic carbocycles. The van der Waals surface area contributed by atoms with Gasteiger partial charge in [-0.05, 0) is 62.2 Å². The van der Waals surface area contributed by atoms with Gasteiger partial charge in [0.15, 0.2) is 11.5 Å². The molecule has 0 radical (unpaired) electrons. The zero-order valence-corrected chi connectivity index (χ0v) is 16.5. The van der Waals surface area contributed by atoms with E-state index < -0.39 is 5.41 Å². The Morgan fingerprint density at radius 3 is 2.37 bits per heavy atom. The van der Waals surface area contributed by atoms with E-state index in [-0.39, 0.29) is 11.8 Å². The maximum Gasteiger partial charge on any atom is 0.255 e. The second-order valence-electron chi connectivity index (χ2n) is 7.20. The number of nitrogens with one attached hydrogen (secondary N) is 1. The Morgan fingerprint density at radius 1 is 1.07 bits per heavy atom. The SMILES string of the molecule is COc1ccc(C(=O)Nc2cc(C)c3c(c2)C(C)(C)C(=O)N3C)cc1OC. The van der Waals surface area contributed by atoms with Crippen molar-refractivity contribution in [1.82, 2.24) is 0 Å². The molecule has 0 bridgehead atoms. The van der Waals surface area contributed by atoms with Gasteiger partial charge in [0.25, 0.3) is 5.91 Å². The number of fused-ring (bicyclic) bond motifs is 1. The summed E-state index contributed by atoms with van der Waals surface area (Å²) in [6, 6.07) is 8.76. The van der Waals surface area contributed by atoms with Gasteiger partial charge in [-0.1, -0.05) is 0 Å². The van der Waals surface area contributed by atoms with E-state index in [1.54, 1.807) is 37.3 Å². The fraction of sp³-hybridized carbons (Fsp3) is 0.333. The largest absolute Gasteiger partial charge is 0.493 e. The van der Waals surface area contributed by atoms with Gasteiger partial charge in [-0.25, -0.2) is 0 Å². The van der Waals surface area contributed by atoms with Crippen LogP contribution in [0.25, 0.3) is 0 Å². The fourth-order valence-corrected chi connectivity index (χ4v) is 3.59. The molecule has 2 aromatic rings. The van der Waals surface area contributed by atoms with Crippen LogP contribution in [0.15, 0.2) is 30.3 Å². The van der Waals surface area contributed by atoms with Gasteiger partial charge in [0.2, 0.25) is 5.91 Å². The molecule has 0 unspecified atom stereocenters. The van der Waals surface area contributed by atoms with Crippen LogP contribution in [0.1, 0.15) is 35.3 Å². The van der Waals surface area contributed by atoms with Gasteiger partial charge in [0.05, 0.1) is 25.3 Å². The molecule has 0 atom stereocenters. The minimum Gasteiger partial charge on any atom is -0.493 e. The van der Waals surface area contributed by atoms with Crippen molar-refractivity contribution >= 4 is 23.2 Å². The van der Waals surface area contributed by atoms with Crippen molar-refractivity contribution in [1.29, 1.82) is 0 Å². The monoisotopic (exact) mass is 368 g/mol. The first-order valence-electron chi connectivity index (χ1n) is 8.67. The molecule has 0 fully saturated rings. The third-order valence-electron chi connectivity index (χ3n) is 5.05. The summed E-state index contributed by atoms with van der Waals surface area (Å²) in [6.45, 7) is 5.74. The van der Waals surface area contributed by atoms with Crippen LogP contribution in [0.2, 0.25) is 0 Å². The minimum absolute atomic E-state index is 0.0453. The maximum atomic E-state index is 12.7. The number of benzene rings is 2. The number of nitrogens with zero attached hydrogens (tertiary/aromatic N) is 1. The van der Waals surface area contributed by atoms with Crippen LogP contribution < -0.4 is 19.7 Å². The lowest BCUT2D eigenvalue weighted by Gasteiger charge is -2.17. The summed E-state index contributed by atoms with van der Waals surface area (Å²) in [5.41, 5.74) is 3.25. The normalized spacial score (nSPS) is 14.7. The van der Waals surface area contributed by atoms with E-state index in [1.807, 2.05) is 32.9 Å². The van der Waals surface area contributed by atoms with Gasteiger partial charge in [0, 0.05) is 18.3 Å². The van der Waals surface area contributed by atoms with E-state index in [2.05, 4.69) is 5.32 Å². The number of carbonyl (C=O) groups excluding carboxylic acids is 2. The molecule has 1 N–H and O–H groups in total. The first kappa shape index (κ1) is 18.8. The van der Waals surface area contributed by atoms with Crippen molar-refractivity contribution in [3.63, 3.8) is 0 Å². The quantitative estimate of drug-likeness (QED) is 0.897. The fourth-order valence-electron chi connectivity index (χ4n) is 3.59. The van der Waals surface area contributed by atoms with Crippen LogP contribution in [-0.2, 0) is 10.2 Å². The summed E-state index contributed by atoms with van der Waals surface area (Å²) in [4.78, 5) is 26.9. The molecule has 142 valence electrons. The molecular formula is C21H24N2O4. The number of hydrogen-bond acceptors (Lipinski definition) is 4. The van der Waals surface area contributed by atoms with Gasteiger partial charge in [-0.3, -0.25) is 9.59 Å². The van der Waals surface area contributed by atoms with Crippen molar-refractivity contribution in [2.24, 2.45) is 0 Å². The highest BCUT2D eigenvalue weighted by atomic mass is 16.5. The van der Waals surface area contributed by atoms with Gasteiger partial charge >= 0.3 is 0 Å². The molecule has 6 heteroatoms. The zero-order chi connectivity index (χ0) is 19.9. The predicted octanol–water partition coefficient (Wildman–Crippen LogP) is 3.52. The zero-order valence-electron chi connectivity index (χ0n) is 16.5. The highest BCUT2D eigenvalue weighted by Crippen LogP contribution is 2.44. The number of likely N-dealkylation sites (N-methyl/N-ethyl adjacent to an activating group) is 1. The number of aryl methyl sites for hydroxylation is 1. The number of anilines is 2. The Bertz CT molecular complexity index is 934. The van der Waals surface area contributed by atoms with Gasteiger partial charge in [0.1, 0.15) is 0 Å². The second kappa shape index (κ2) is 6.61. The van der Waals surface area contributed by atoms with Crippen molar-refractivity contribution in [3.8, 4) is 11.5 Å². The summed E-state index contributed by atoms with van der Waals surface area (Å²) in [6.07, 6.45) is 0. The summed E-state index contributed by atoms with van der Waals surface area (Å²) in [5.74, 6) is 0.837. The molecule has 6 nitrogen and oxygen atoms in total. The van der Waals surface area contributed by atoms with Gasteiger partial charge < -0.3 is 19.7 Å². The Morgan fingerprint density at radius 2 is 1.74 bits per heavy atom. The maximum absolute atomic E-state index is 12.7. The molecule has 3 rings (SSSR count). The molecule has 0 aromatic heterocycles.